The molecule has 0 saturated heterocycles. The number of hydrogen-bond donors (Lipinski definition) is 1. The third kappa shape index (κ3) is 4.00. The van der Waals surface area contributed by atoms with E-state index in [9.17, 15) is 0 Å². The van der Waals surface area contributed by atoms with Crippen molar-refractivity contribution in [3.63, 3.8) is 0 Å². The molecule has 2 N–H and O–H groups in total. The minimum absolute atomic E-state index is 0.0429. The number of rotatable bonds is 8. The first-order chi connectivity index (χ1) is 8.74. The predicted octanol–water partition coefficient (Wildman–Crippen LogP) is 3.29. The maximum absolute atomic E-state index is 6.30. The Kier molecular flexibility index (Phi) is 6.76. The van der Waals surface area contributed by atoms with Crippen molar-refractivity contribution in [1.29, 1.82) is 0 Å². The topological polar surface area (TPSA) is 44.5 Å². The molecule has 0 spiro atoms. The van der Waals surface area contributed by atoms with Gasteiger partial charge in [0.15, 0.2) is 0 Å². The van der Waals surface area contributed by atoms with Crippen molar-refractivity contribution in [3.05, 3.63) is 29.8 Å². The lowest BCUT2D eigenvalue weighted by Gasteiger charge is -2.24. The third-order valence-electron chi connectivity index (χ3n) is 2.92. The number of benzene rings is 1. The number of ether oxygens (including phenoxy) is 2. The fourth-order valence-electron chi connectivity index (χ4n) is 1.99. The molecule has 0 heterocycles. The van der Waals surface area contributed by atoms with Crippen LogP contribution in [0.4, 0.5) is 0 Å². The molecule has 0 aliphatic heterocycles. The van der Waals surface area contributed by atoms with Gasteiger partial charge in [0.25, 0.3) is 0 Å². The van der Waals surface area contributed by atoms with E-state index in [1.807, 2.05) is 31.2 Å². The first kappa shape index (κ1) is 15.0. The average Bonchev–Trinajstić information content (AvgIpc) is 2.42. The molecule has 0 aliphatic rings. The standard InChI is InChI=1S/C15H25NO2/c1-4-11-18-14-10-8-7-9-12(14)15(16)13(5-2)17-6-3/h7-10,13,15H,4-6,11,16H2,1-3H3. The molecule has 2 atom stereocenters. The van der Waals surface area contributed by atoms with Crippen LogP contribution < -0.4 is 10.5 Å². The summed E-state index contributed by atoms with van der Waals surface area (Å²) in [4.78, 5) is 0. The zero-order chi connectivity index (χ0) is 13.4. The molecule has 0 aromatic heterocycles. The second-order valence-electron chi connectivity index (χ2n) is 4.31. The van der Waals surface area contributed by atoms with Gasteiger partial charge < -0.3 is 15.2 Å². The zero-order valence-electron chi connectivity index (χ0n) is 11.7. The van der Waals surface area contributed by atoms with E-state index >= 15 is 0 Å². The minimum Gasteiger partial charge on any atom is -0.493 e. The highest BCUT2D eigenvalue weighted by Gasteiger charge is 2.21. The van der Waals surface area contributed by atoms with Gasteiger partial charge in [-0.05, 0) is 25.8 Å². The summed E-state index contributed by atoms with van der Waals surface area (Å²) in [6.45, 7) is 7.58. The molecular formula is C15H25NO2. The van der Waals surface area contributed by atoms with Gasteiger partial charge in [-0.2, -0.15) is 0 Å². The highest BCUT2D eigenvalue weighted by Crippen LogP contribution is 2.28. The Morgan fingerprint density at radius 3 is 2.50 bits per heavy atom. The fraction of sp³-hybridized carbons (Fsp3) is 0.600. The van der Waals surface area contributed by atoms with E-state index in [1.54, 1.807) is 0 Å². The van der Waals surface area contributed by atoms with Gasteiger partial charge in [0.2, 0.25) is 0 Å². The normalized spacial score (nSPS) is 14.2. The molecule has 1 aromatic rings. The van der Waals surface area contributed by atoms with Crippen molar-refractivity contribution >= 4 is 0 Å². The molecular weight excluding hydrogens is 226 g/mol. The van der Waals surface area contributed by atoms with E-state index in [4.69, 9.17) is 15.2 Å². The predicted molar refractivity (Wildman–Crippen MR) is 74.9 cm³/mol. The van der Waals surface area contributed by atoms with Crippen molar-refractivity contribution in [3.8, 4) is 5.75 Å². The van der Waals surface area contributed by atoms with Crippen LogP contribution in [-0.2, 0) is 4.74 Å². The van der Waals surface area contributed by atoms with E-state index in [2.05, 4.69) is 13.8 Å². The van der Waals surface area contributed by atoms with Crippen molar-refractivity contribution in [2.45, 2.75) is 45.8 Å². The Morgan fingerprint density at radius 2 is 1.89 bits per heavy atom. The molecule has 0 fully saturated rings. The largest absolute Gasteiger partial charge is 0.493 e. The summed E-state index contributed by atoms with van der Waals surface area (Å²) < 4.78 is 11.4. The lowest BCUT2D eigenvalue weighted by Crippen LogP contribution is -2.29. The first-order valence-corrected chi connectivity index (χ1v) is 6.83. The van der Waals surface area contributed by atoms with Crippen molar-refractivity contribution < 1.29 is 9.47 Å². The van der Waals surface area contributed by atoms with E-state index in [0.29, 0.717) is 6.61 Å². The Morgan fingerprint density at radius 1 is 1.17 bits per heavy atom. The first-order valence-electron chi connectivity index (χ1n) is 6.83. The summed E-state index contributed by atoms with van der Waals surface area (Å²) in [6, 6.07) is 7.83. The molecule has 0 saturated carbocycles. The smallest absolute Gasteiger partial charge is 0.124 e. The van der Waals surface area contributed by atoms with Crippen molar-refractivity contribution in [1.82, 2.24) is 0 Å². The van der Waals surface area contributed by atoms with E-state index in [-0.39, 0.29) is 12.1 Å². The summed E-state index contributed by atoms with van der Waals surface area (Å²) in [6.07, 6.45) is 1.94. The van der Waals surface area contributed by atoms with Crippen LogP contribution in [0, 0.1) is 0 Å². The molecule has 0 radical (unpaired) electrons. The molecule has 102 valence electrons. The van der Waals surface area contributed by atoms with E-state index in [0.717, 1.165) is 30.8 Å². The van der Waals surface area contributed by atoms with Gasteiger partial charge in [-0.3, -0.25) is 0 Å². The van der Waals surface area contributed by atoms with Gasteiger partial charge in [0, 0.05) is 12.2 Å². The van der Waals surface area contributed by atoms with Gasteiger partial charge >= 0.3 is 0 Å². The molecule has 3 heteroatoms. The average molecular weight is 251 g/mol. The molecule has 1 aromatic carbocycles. The fourth-order valence-corrected chi connectivity index (χ4v) is 1.99. The van der Waals surface area contributed by atoms with Crippen LogP contribution >= 0.6 is 0 Å². The van der Waals surface area contributed by atoms with Crippen LogP contribution in [0.2, 0.25) is 0 Å². The maximum Gasteiger partial charge on any atom is 0.124 e. The highest BCUT2D eigenvalue weighted by atomic mass is 16.5. The summed E-state index contributed by atoms with van der Waals surface area (Å²) in [7, 11) is 0. The second-order valence-corrected chi connectivity index (χ2v) is 4.31. The van der Waals surface area contributed by atoms with Gasteiger partial charge in [0.1, 0.15) is 5.75 Å². The SMILES string of the molecule is CCCOc1ccccc1C(N)C(CC)OCC. The van der Waals surface area contributed by atoms with E-state index < -0.39 is 0 Å². The Labute approximate surface area is 110 Å². The van der Waals surface area contributed by atoms with Gasteiger partial charge in [-0.1, -0.05) is 32.0 Å². The summed E-state index contributed by atoms with van der Waals surface area (Å²) in [5.41, 5.74) is 7.34. The van der Waals surface area contributed by atoms with E-state index in [1.165, 1.54) is 0 Å². The van der Waals surface area contributed by atoms with Gasteiger partial charge in [-0.15, -0.1) is 0 Å². The molecule has 18 heavy (non-hydrogen) atoms. The second kappa shape index (κ2) is 8.11. The highest BCUT2D eigenvalue weighted by molar-refractivity contribution is 5.36. The molecule has 2 unspecified atom stereocenters. The Bertz CT molecular complexity index is 341. The summed E-state index contributed by atoms with van der Waals surface area (Å²) in [5, 5.41) is 0. The number of para-hydroxylation sites is 1. The van der Waals surface area contributed by atoms with Crippen LogP contribution in [-0.4, -0.2) is 19.3 Å². The number of hydrogen-bond acceptors (Lipinski definition) is 3. The van der Waals surface area contributed by atoms with Gasteiger partial charge in [-0.25, -0.2) is 0 Å². The number of nitrogens with two attached hydrogens (primary N) is 1. The lowest BCUT2D eigenvalue weighted by molar-refractivity contribution is 0.0406. The van der Waals surface area contributed by atoms with Crippen LogP contribution in [0.15, 0.2) is 24.3 Å². The van der Waals surface area contributed by atoms with Crippen molar-refractivity contribution in [2.24, 2.45) is 5.73 Å². The minimum atomic E-state index is -0.136. The van der Waals surface area contributed by atoms with Crippen LogP contribution in [0.5, 0.6) is 5.75 Å². The third-order valence-corrected chi connectivity index (χ3v) is 2.92. The van der Waals surface area contributed by atoms with Crippen molar-refractivity contribution in [2.75, 3.05) is 13.2 Å². The zero-order valence-corrected chi connectivity index (χ0v) is 11.7. The maximum atomic E-state index is 6.30. The van der Waals surface area contributed by atoms with Crippen LogP contribution in [0.3, 0.4) is 0 Å². The molecule has 1 rings (SSSR count). The molecule has 3 nitrogen and oxygen atoms in total. The van der Waals surface area contributed by atoms with Gasteiger partial charge in [0.05, 0.1) is 18.8 Å². The molecule has 0 amide bonds. The Hall–Kier alpha value is -1.06. The monoisotopic (exact) mass is 251 g/mol. The van der Waals surface area contributed by atoms with Crippen LogP contribution in [0.1, 0.15) is 45.2 Å². The summed E-state index contributed by atoms with van der Waals surface area (Å²) in [5.74, 6) is 0.880. The Balaban J connectivity index is 2.85. The quantitative estimate of drug-likeness (QED) is 0.771. The summed E-state index contributed by atoms with van der Waals surface area (Å²) >= 11 is 0. The lowest BCUT2D eigenvalue weighted by atomic mass is 9.99. The van der Waals surface area contributed by atoms with Crippen LogP contribution in [0.25, 0.3) is 0 Å². The molecule has 0 bridgehead atoms. The molecule has 0 aliphatic carbocycles.